The van der Waals surface area contributed by atoms with Gasteiger partial charge in [0.15, 0.2) is 0 Å². The van der Waals surface area contributed by atoms with Crippen LogP contribution in [0.5, 0.6) is 0 Å². The summed E-state index contributed by atoms with van der Waals surface area (Å²) in [5, 5.41) is 6.79. The van der Waals surface area contributed by atoms with Gasteiger partial charge in [-0.15, -0.1) is 0 Å². The molecule has 0 saturated heterocycles. The molecule has 0 fully saturated rings. The summed E-state index contributed by atoms with van der Waals surface area (Å²) in [6.45, 7) is 8.37. The molecule has 2 nitrogen and oxygen atoms in total. The molecule has 0 spiro atoms. The Hall–Kier alpha value is -1.09. The highest BCUT2D eigenvalue weighted by molar-refractivity contribution is 5.55. The van der Waals surface area contributed by atoms with Crippen LogP contribution in [0.2, 0.25) is 0 Å². The van der Waals surface area contributed by atoms with E-state index in [0.717, 1.165) is 25.2 Å². The van der Waals surface area contributed by atoms with Crippen molar-refractivity contribution in [2.24, 2.45) is 0 Å². The van der Waals surface area contributed by atoms with E-state index in [9.17, 15) is 4.39 Å². The van der Waals surface area contributed by atoms with Crippen LogP contribution in [0, 0.1) is 5.82 Å². The maximum absolute atomic E-state index is 13.1. The zero-order valence-corrected chi connectivity index (χ0v) is 10.8. The molecule has 0 bridgehead atoms. The lowest BCUT2D eigenvalue weighted by Gasteiger charge is -2.30. The Morgan fingerprint density at radius 1 is 1.41 bits per heavy atom. The van der Waals surface area contributed by atoms with Gasteiger partial charge in [-0.1, -0.05) is 6.07 Å². The number of hydrogen-bond donors (Lipinski definition) is 2. The van der Waals surface area contributed by atoms with Gasteiger partial charge in [0.2, 0.25) is 0 Å². The summed E-state index contributed by atoms with van der Waals surface area (Å²) in [6, 6.07) is 5.06. The van der Waals surface area contributed by atoms with E-state index in [0.29, 0.717) is 5.92 Å². The predicted molar refractivity (Wildman–Crippen MR) is 70.0 cm³/mol. The molecule has 0 radical (unpaired) electrons. The van der Waals surface area contributed by atoms with Gasteiger partial charge in [0.25, 0.3) is 0 Å². The molecule has 1 unspecified atom stereocenters. The van der Waals surface area contributed by atoms with Crippen LogP contribution < -0.4 is 10.6 Å². The lowest BCUT2D eigenvalue weighted by molar-refractivity contribution is 0.399. The molecule has 0 aromatic heterocycles. The van der Waals surface area contributed by atoms with Crippen LogP contribution in [-0.2, 0) is 0 Å². The number of nitrogens with one attached hydrogen (secondary N) is 2. The molecule has 17 heavy (non-hydrogen) atoms. The zero-order valence-electron chi connectivity index (χ0n) is 10.8. The van der Waals surface area contributed by atoms with Crippen LogP contribution in [0.3, 0.4) is 0 Å². The fourth-order valence-electron chi connectivity index (χ4n) is 2.22. The molecule has 0 amide bonds. The molecule has 1 aliphatic heterocycles. The first kappa shape index (κ1) is 12.4. The SMILES string of the molecule is CC(C)(C)NCC1CCNc2cc(F)ccc21. The van der Waals surface area contributed by atoms with E-state index < -0.39 is 0 Å². The summed E-state index contributed by atoms with van der Waals surface area (Å²) in [7, 11) is 0. The second-order valence-electron chi connectivity index (χ2n) is 5.77. The molecule has 1 heterocycles. The van der Waals surface area contributed by atoms with Crippen molar-refractivity contribution in [2.75, 3.05) is 18.4 Å². The standard InChI is InChI=1S/C14H21FN2/c1-14(2,3)17-9-10-6-7-16-13-8-11(15)4-5-12(10)13/h4-5,8,10,16-17H,6-7,9H2,1-3H3. The van der Waals surface area contributed by atoms with Gasteiger partial charge in [0.1, 0.15) is 5.82 Å². The summed E-state index contributed by atoms with van der Waals surface area (Å²) in [6.07, 6.45) is 1.10. The van der Waals surface area contributed by atoms with Crippen molar-refractivity contribution in [1.82, 2.24) is 5.32 Å². The van der Waals surface area contributed by atoms with Crippen molar-refractivity contribution in [3.05, 3.63) is 29.6 Å². The van der Waals surface area contributed by atoms with E-state index in [2.05, 4.69) is 31.4 Å². The molecule has 2 N–H and O–H groups in total. The molecule has 3 heteroatoms. The van der Waals surface area contributed by atoms with Crippen molar-refractivity contribution < 1.29 is 4.39 Å². The molecule has 2 rings (SSSR count). The van der Waals surface area contributed by atoms with Crippen LogP contribution in [0.15, 0.2) is 18.2 Å². The highest BCUT2D eigenvalue weighted by atomic mass is 19.1. The van der Waals surface area contributed by atoms with Gasteiger partial charge in [0, 0.05) is 30.2 Å². The molecule has 1 aromatic rings. The van der Waals surface area contributed by atoms with Crippen LogP contribution in [-0.4, -0.2) is 18.6 Å². The van der Waals surface area contributed by atoms with Gasteiger partial charge in [-0.3, -0.25) is 0 Å². The quantitative estimate of drug-likeness (QED) is 0.824. The van der Waals surface area contributed by atoms with E-state index in [1.165, 1.54) is 5.56 Å². The maximum atomic E-state index is 13.1. The largest absolute Gasteiger partial charge is 0.385 e. The summed E-state index contributed by atoms with van der Waals surface area (Å²) in [5.41, 5.74) is 2.32. The number of benzene rings is 1. The lowest BCUT2D eigenvalue weighted by atomic mass is 9.90. The first-order valence-corrected chi connectivity index (χ1v) is 6.24. The maximum Gasteiger partial charge on any atom is 0.125 e. The van der Waals surface area contributed by atoms with Crippen LogP contribution >= 0.6 is 0 Å². The summed E-state index contributed by atoms with van der Waals surface area (Å²) >= 11 is 0. The monoisotopic (exact) mass is 236 g/mol. The Kier molecular flexibility index (Phi) is 3.38. The first-order valence-electron chi connectivity index (χ1n) is 6.24. The Balaban J connectivity index is 2.12. The molecule has 0 saturated carbocycles. The minimum Gasteiger partial charge on any atom is -0.385 e. The minimum atomic E-state index is -0.166. The number of fused-ring (bicyclic) bond motifs is 1. The van der Waals surface area contributed by atoms with Gasteiger partial charge in [0.05, 0.1) is 0 Å². The van der Waals surface area contributed by atoms with Gasteiger partial charge in [-0.2, -0.15) is 0 Å². The topological polar surface area (TPSA) is 24.1 Å². The van der Waals surface area contributed by atoms with Crippen molar-refractivity contribution >= 4 is 5.69 Å². The predicted octanol–water partition coefficient (Wildman–Crippen LogP) is 3.11. The number of rotatable bonds is 2. The van der Waals surface area contributed by atoms with E-state index in [1.54, 1.807) is 12.1 Å². The second-order valence-corrected chi connectivity index (χ2v) is 5.77. The minimum absolute atomic E-state index is 0.130. The van der Waals surface area contributed by atoms with Gasteiger partial charge < -0.3 is 10.6 Å². The molecular weight excluding hydrogens is 215 g/mol. The Morgan fingerprint density at radius 3 is 2.88 bits per heavy atom. The Labute approximate surface area is 103 Å². The molecule has 94 valence electrons. The summed E-state index contributed by atoms with van der Waals surface area (Å²) < 4.78 is 13.1. The molecule has 1 aromatic carbocycles. The van der Waals surface area contributed by atoms with E-state index in [1.807, 2.05) is 6.07 Å². The normalized spacial score (nSPS) is 19.6. The van der Waals surface area contributed by atoms with Gasteiger partial charge in [-0.25, -0.2) is 4.39 Å². The fraction of sp³-hybridized carbons (Fsp3) is 0.571. The smallest absolute Gasteiger partial charge is 0.125 e. The zero-order chi connectivity index (χ0) is 12.5. The number of hydrogen-bond acceptors (Lipinski definition) is 2. The average molecular weight is 236 g/mol. The highest BCUT2D eigenvalue weighted by Crippen LogP contribution is 2.31. The van der Waals surface area contributed by atoms with E-state index in [-0.39, 0.29) is 11.4 Å². The summed E-state index contributed by atoms with van der Waals surface area (Å²) in [4.78, 5) is 0. The van der Waals surface area contributed by atoms with Crippen molar-refractivity contribution in [1.29, 1.82) is 0 Å². The van der Waals surface area contributed by atoms with Crippen LogP contribution in [0.25, 0.3) is 0 Å². The average Bonchev–Trinajstić information content (AvgIpc) is 2.24. The van der Waals surface area contributed by atoms with Gasteiger partial charge in [-0.05, 0) is 44.9 Å². The van der Waals surface area contributed by atoms with E-state index >= 15 is 0 Å². The van der Waals surface area contributed by atoms with Crippen molar-refractivity contribution in [3.8, 4) is 0 Å². The third-order valence-corrected chi connectivity index (χ3v) is 3.14. The molecular formula is C14H21FN2. The van der Waals surface area contributed by atoms with Gasteiger partial charge >= 0.3 is 0 Å². The number of halogens is 1. The fourth-order valence-corrected chi connectivity index (χ4v) is 2.22. The number of anilines is 1. The highest BCUT2D eigenvalue weighted by Gasteiger charge is 2.21. The lowest BCUT2D eigenvalue weighted by Crippen LogP contribution is -2.39. The van der Waals surface area contributed by atoms with Crippen LogP contribution in [0.4, 0.5) is 10.1 Å². The Bertz CT molecular complexity index is 396. The first-order chi connectivity index (χ1) is 7.96. The van der Waals surface area contributed by atoms with Crippen molar-refractivity contribution in [3.63, 3.8) is 0 Å². The Morgan fingerprint density at radius 2 is 2.18 bits per heavy atom. The third-order valence-electron chi connectivity index (χ3n) is 3.14. The summed E-state index contributed by atoms with van der Waals surface area (Å²) in [5.74, 6) is 0.312. The molecule has 1 aliphatic rings. The molecule has 1 atom stereocenters. The van der Waals surface area contributed by atoms with Crippen LogP contribution in [0.1, 0.15) is 38.7 Å². The molecule has 0 aliphatic carbocycles. The third kappa shape index (κ3) is 3.19. The van der Waals surface area contributed by atoms with Crippen molar-refractivity contribution in [2.45, 2.75) is 38.6 Å². The van der Waals surface area contributed by atoms with E-state index in [4.69, 9.17) is 0 Å². The second kappa shape index (κ2) is 4.65.